The second-order valence-corrected chi connectivity index (χ2v) is 6.19. The molecule has 0 heterocycles. The lowest BCUT2D eigenvalue weighted by Gasteiger charge is -2.17. The number of carbonyl (C=O) groups is 2. The molecule has 6 nitrogen and oxygen atoms in total. The molecule has 1 unspecified atom stereocenters. The monoisotopic (exact) mass is 385 g/mol. The molecule has 0 spiro atoms. The van der Waals surface area contributed by atoms with E-state index in [1.807, 2.05) is 30.3 Å². The topological polar surface area (TPSA) is 73.9 Å². The summed E-state index contributed by atoms with van der Waals surface area (Å²) in [6, 6.07) is 16.7. The smallest absolute Gasteiger partial charge is 0.311 e. The normalized spacial score (nSPS) is 11.5. The van der Waals surface area contributed by atoms with E-state index in [-0.39, 0.29) is 18.4 Å². The van der Waals surface area contributed by atoms with Crippen molar-refractivity contribution in [2.45, 2.75) is 13.3 Å². The first-order valence-corrected chi connectivity index (χ1v) is 9.35. The fourth-order valence-electron chi connectivity index (χ4n) is 2.72. The molecule has 0 aliphatic heterocycles. The quantitative estimate of drug-likeness (QED) is 0.476. The average Bonchev–Trinajstić information content (AvgIpc) is 2.72. The Morgan fingerprint density at radius 3 is 2.43 bits per heavy atom. The third-order valence-corrected chi connectivity index (χ3v) is 4.13. The highest BCUT2D eigenvalue weighted by Crippen LogP contribution is 2.18. The Morgan fingerprint density at radius 1 is 1.00 bits per heavy atom. The predicted molar refractivity (Wildman–Crippen MR) is 106 cm³/mol. The van der Waals surface area contributed by atoms with Crippen molar-refractivity contribution in [1.29, 1.82) is 0 Å². The van der Waals surface area contributed by atoms with E-state index in [0.717, 1.165) is 5.56 Å². The van der Waals surface area contributed by atoms with Gasteiger partial charge in [0.2, 0.25) is 0 Å². The SMILES string of the molecule is CCOC(=O)C(CNC(=O)c1ccccc1OCCOC)Cc1ccccc1. The predicted octanol–water partition coefficient (Wildman–Crippen LogP) is 2.86. The van der Waals surface area contributed by atoms with Crippen LogP contribution in [-0.4, -0.2) is 45.4 Å². The van der Waals surface area contributed by atoms with Crippen LogP contribution >= 0.6 is 0 Å². The van der Waals surface area contributed by atoms with Crippen LogP contribution in [0.25, 0.3) is 0 Å². The molecule has 150 valence electrons. The second-order valence-electron chi connectivity index (χ2n) is 6.19. The van der Waals surface area contributed by atoms with Crippen molar-refractivity contribution in [2.75, 3.05) is 33.5 Å². The molecule has 1 atom stereocenters. The highest BCUT2D eigenvalue weighted by molar-refractivity contribution is 5.97. The Morgan fingerprint density at radius 2 is 1.71 bits per heavy atom. The first-order chi connectivity index (χ1) is 13.7. The van der Waals surface area contributed by atoms with Crippen LogP contribution in [-0.2, 0) is 20.7 Å². The molecule has 2 aromatic rings. The Labute approximate surface area is 165 Å². The van der Waals surface area contributed by atoms with Gasteiger partial charge in [-0.15, -0.1) is 0 Å². The molecule has 28 heavy (non-hydrogen) atoms. The summed E-state index contributed by atoms with van der Waals surface area (Å²) < 4.78 is 15.8. The van der Waals surface area contributed by atoms with Crippen LogP contribution in [0.15, 0.2) is 54.6 Å². The van der Waals surface area contributed by atoms with Gasteiger partial charge in [-0.05, 0) is 31.0 Å². The minimum atomic E-state index is -0.465. The minimum absolute atomic E-state index is 0.180. The molecule has 1 amide bonds. The van der Waals surface area contributed by atoms with Crippen LogP contribution in [0.2, 0.25) is 0 Å². The van der Waals surface area contributed by atoms with Gasteiger partial charge in [0.15, 0.2) is 0 Å². The van der Waals surface area contributed by atoms with Crippen LogP contribution in [0.4, 0.5) is 0 Å². The summed E-state index contributed by atoms with van der Waals surface area (Å²) in [5.74, 6) is -0.604. The Bertz CT molecular complexity index is 748. The number of methoxy groups -OCH3 is 1. The molecular weight excluding hydrogens is 358 g/mol. The van der Waals surface area contributed by atoms with Crippen LogP contribution in [0, 0.1) is 5.92 Å². The van der Waals surface area contributed by atoms with Crippen molar-refractivity contribution in [3.05, 3.63) is 65.7 Å². The van der Waals surface area contributed by atoms with E-state index in [1.54, 1.807) is 38.3 Å². The first-order valence-electron chi connectivity index (χ1n) is 9.35. The zero-order valence-electron chi connectivity index (χ0n) is 16.4. The second kappa shape index (κ2) is 11.8. The fraction of sp³-hybridized carbons (Fsp3) is 0.364. The number of esters is 1. The Balaban J connectivity index is 2.03. The number of carbonyl (C=O) groups excluding carboxylic acids is 2. The van der Waals surface area contributed by atoms with Gasteiger partial charge in [-0.2, -0.15) is 0 Å². The minimum Gasteiger partial charge on any atom is -0.490 e. The maximum Gasteiger partial charge on any atom is 0.311 e. The zero-order valence-corrected chi connectivity index (χ0v) is 16.4. The van der Waals surface area contributed by atoms with E-state index < -0.39 is 5.92 Å². The molecule has 2 aromatic carbocycles. The van der Waals surface area contributed by atoms with Crippen LogP contribution < -0.4 is 10.1 Å². The number of hydrogen-bond acceptors (Lipinski definition) is 5. The van der Waals surface area contributed by atoms with Gasteiger partial charge < -0.3 is 19.5 Å². The summed E-state index contributed by atoms with van der Waals surface area (Å²) in [6.45, 7) is 3.02. The van der Waals surface area contributed by atoms with Gasteiger partial charge >= 0.3 is 5.97 Å². The summed E-state index contributed by atoms with van der Waals surface area (Å²) in [6.07, 6.45) is 0.492. The van der Waals surface area contributed by atoms with Crippen LogP contribution in [0.3, 0.4) is 0 Å². The standard InChI is InChI=1S/C22H27NO5/c1-3-27-22(25)18(15-17-9-5-4-6-10-17)16-23-21(24)19-11-7-8-12-20(19)28-14-13-26-2/h4-12,18H,3,13-16H2,1-2H3,(H,23,24). The van der Waals surface area contributed by atoms with Gasteiger partial charge in [0, 0.05) is 13.7 Å². The molecule has 0 saturated heterocycles. The molecule has 0 bridgehead atoms. The number of amides is 1. The van der Waals surface area contributed by atoms with E-state index in [9.17, 15) is 9.59 Å². The molecular formula is C22H27NO5. The summed E-state index contributed by atoms with van der Waals surface area (Å²) >= 11 is 0. The van der Waals surface area contributed by atoms with Crippen molar-refractivity contribution < 1.29 is 23.8 Å². The molecule has 1 N–H and O–H groups in total. The molecule has 0 saturated carbocycles. The van der Waals surface area contributed by atoms with E-state index in [2.05, 4.69) is 5.32 Å². The summed E-state index contributed by atoms with van der Waals surface area (Å²) in [5.41, 5.74) is 1.43. The van der Waals surface area contributed by atoms with Gasteiger partial charge in [0.1, 0.15) is 12.4 Å². The summed E-state index contributed by atoms with van der Waals surface area (Å²) in [7, 11) is 1.59. The maximum absolute atomic E-state index is 12.7. The van der Waals surface area contributed by atoms with E-state index in [4.69, 9.17) is 14.2 Å². The molecule has 0 aliphatic carbocycles. The van der Waals surface area contributed by atoms with Crippen molar-refractivity contribution in [1.82, 2.24) is 5.32 Å². The third-order valence-electron chi connectivity index (χ3n) is 4.13. The van der Waals surface area contributed by atoms with Gasteiger partial charge in [-0.1, -0.05) is 42.5 Å². The number of para-hydroxylation sites is 1. The number of benzene rings is 2. The number of ether oxygens (including phenoxy) is 3. The lowest BCUT2D eigenvalue weighted by atomic mass is 9.99. The van der Waals surface area contributed by atoms with E-state index in [0.29, 0.717) is 37.6 Å². The number of rotatable bonds is 11. The Hall–Kier alpha value is -2.86. The van der Waals surface area contributed by atoms with Crippen LogP contribution in [0.5, 0.6) is 5.75 Å². The van der Waals surface area contributed by atoms with Gasteiger partial charge in [0.25, 0.3) is 5.91 Å². The lowest BCUT2D eigenvalue weighted by molar-refractivity contribution is -0.147. The average molecular weight is 385 g/mol. The van der Waals surface area contributed by atoms with Crippen molar-refractivity contribution >= 4 is 11.9 Å². The first kappa shape index (κ1) is 21.4. The fourth-order valence-corrected chi connectivity index (χ4v) is 2.72. The van der Waals surface area contributed by atoms with Gasteiger partial charge in [-0.25, -0.2) is 0 Å². The van der Waals surface area contributed by atoms with Crippen molar-refractivity contribution in [3.63, 3.8) is 0 Å². The van der Waals surface area contributed by atoms with Gasteiger partial charge in [0.05, 0.1) is 24.7 Å². The maximum atomic E-state index is 12.7. The number of hydrogen-bond donors (Lipinski definition) is 1. The largest absolute Gasteiger partial charge is 0.490 e. The molecule has 0 aromatic heterocycles. The molecule has 0 aliphatic rings. The third kappa shape index (κ3) is 6.70. The van der Waals surface area contributed by atoms with E-state index in [1.165, 1.54) is 0 Å². The Kier molecular flexibility index (Phi) is 9.01. The number of nitrogens with one attached hydrogen (secondary N) is 1. The lowest BCUT2D eigenvalue weighted by Crippen LogP contribution is -2.35. The molecule has 0 radical (unpaired) electrons. The molecule has 2 rings (SSSR count). The highest BCUT2D eigenvalue weighted by Gasteiger charge is 2.22. The molecule has 6 heteroatoms. The summed E-state index contributed by atoms with van der Waals surface area (Å²) in [4.78, 5) is 25.0. The van der Waals surface area contributed by atoms with Crippen LogP contribution in [0.1, 0.15) is 22.8 Å². The summed E-state index contributed by atoms with van der Waals surface area (Å²) in [5, 5.41) is 2.84. The van der Waals surface area contributed by atoms with E-state index >= 15 is 0 Å². The van der Waals surface area contributed by atoms with Gasteiger partial charge in [-0.3, -0.25) is 9.59 Å². The van der Waals surface area contributed by atoms with Crippen molar-refractivity contribution in [2.24, 2.45) is 5.92 Å². The zero-order chi connectivity index (χ0) is 20.2. The highest BCUT2D eigenvalue weighted by atomic mass is 16.5. The molecule has 0 fully saturated rings. The van der Waals surface area contributed by atoms with Crippen molar-refractivity contribution in [3.8, 4) is 5.75 Å².